The number of rotatable bonds is 4. The van der Waals surface area contributed by atoms with Gasteiger partial charge in [-0.15, -0.1) is 0 Å². The molecule has 0 aromatic heterocycles. The summed E-state index contributed by atoms with van der Waals surface area (Å²) in [7, 11) is 0. The van der Waals surface area contributed by atoms with Crippen LogP contribution in [0.2, 0.25) is 0 Å². The molecule has 6 nitrogen and oxygen atoms in total. The molecule has 2 aliphatic rings. The van der Waals surface area contributed by atoms with E-state index in [-0.39, 0.29) is 17.9 Å². The molecule has 2 amide bonds. The van der Waals surface area contributed by atoms with E-state index in [4.69, 9.17) is 0 Å². The second-order valence-corrected chi connectivity index (χ2v) is 7.99. The van der Waals surface area contributed by atoms with E-state index in [1.807, 2.05) is 35.2 Å². The Kier molecular flexibility index (Phi) is 6.50. The molecule has 6 heteroatoms. The van der Waals surface area contributed by atoms with Crippen LogP contribution in [0.1, 0.15) is 49.4 Å². The van der Waals surface area contributed by atoms with Gasteiger partial charge in [-0.25, -0.2) is 0 Å². The van der Waals surface area contributed by atoms with Crippen LogP contribution in [0.4, 0.5) is 0 Å². The number of amides is 2. The highest BCUT2D eigenvalue weighted by molar-refractivity contribution is 5.94. The zero-order valence-electron chi connectivity index (χ0n) is 16.2. The summed E-state index contributed by atoms with van der Waals surface area (Å²) < 4.78 is 0. The summed E-state index contributed by atoms with van der Waals surface area (Å²) in [4.78, 5) is 28.0. The molecule has 0 unspecified atom stereocenters. The van der Waals surface area contributed by atoms with Crippen LogP contribution in [-0.2, 0) is 4.79 Å². The maximum absolute atomic E-state index is 12.7. The molecule has 1 atom stereocenters. The maximum Gasteiger partial charge on any atom is 0.253 e. The minimum atomic E-state index is -0.743. The van der Waals surface area contributed by atoms with Crippen molar-refractivity contribution in [1.29, 1.82) is 0 Å². The first kappa shape index (κ1) is 19.8. The van der Waals surface area contributed by atoms with E-state index < -0.39 is 5.60 Å². The van der Waals surface area contributed by atoms with E-state index in [1.54, 1.807) is 6.92 Å². The largest absolute Gasteiger partial charge is 0.388 e. The van der Waals surface area contributed by atoms with Gasteiger partial charge in [0.1, 0.15) is 0 Å². The van der Waals surface area contributed by atoms with Crippen LogP contribution >= 0.6 is 0 Å². The van der Waals surface area contributed by atoms with Crippen LogP contribution < -0.4 is 5.32 Å². The highest BCUT2D eigenvalue weighted by Crippen LogP contribution is 2.26. The van der Waals surface area contributed by atoms with Crippen molar-refractivity contribution in [3.63, 3.8) is 0 Å². The van der Waals surface area contributed by atoms with Gasteiger partial charge in [0, 0.05) is 51.3 Å². The number of carbonyl (C=O) groups is 2. The van der Waals surface area contributed by atoms with E-state index in [0.29, 0.717) is 31.6 Å². The average molecular weight is 373 g/mol. The summed E-state index contributed by atoms with van der Waals surface area (Å²) in [5.74, 6) is 0.0787. The summed E-state index contributed by atoms with van der Waals surface area (Å²) in [6.45, 7) is 5.27. The third kappa shape index (κ3) is 5.53. The lowest BCUT2D eigenvalue weighted by atomic mass is 9.93. The molecule has 2 heterocycles. The van der Waals surface area contributed by atoms with Crippen LogP contribution in [0.3, 0.4) is 0 Å². The predicted molar refractivity (Wildman–Crippen MR) is 104 cm³/mol. The number of nitrogens with one attached hydrogen (secondary N) is 1. The Balaban J connectivity index is 1.51. The molecule has 27 heavy (non-hydrogen) atoms. The lowest BCUT2D eigenvalue weighted by molar-refractivity contribution is -0.120. The summed E-state index contributed by atoms with van der Waals surface area (Å²) in [6, 6.07) is 9.61. The molecule has 2 fully saturated rings. The lowest BCUT2D eigenvalue weighted by Gasteiger charge is -2.38. The van der Waals surface area contributed by atoms with Gasteiger partial charge in [-0.05, 0) is 44.2 Å². The molecule has 2 aliphatic heterocycles. The van der Waals surface area contributed by atoms with Crippen molar-refractivity contribution in [3.05, 3.63) is 35.9 Å². The maximum atomic E-state index is 12.7. The number of piperidine rings is 1. The van der Waals surface area contributed by atoms with Gasteiger partial charge >= 0.3 is 0 Å². The van der Waals surface area contributed by atoms with Crippen LogP contribution in [0.5, 0.6) is 0 Å². The van der Waals surface area contributed by atoms with Gasteiger partial charge in [-0.3, -0.25) is 9.59 Å². The van der Waals surface area contributed by atoms with Gasteiger partial charge < -0.3 is 20.2 Å². The molecule has 0 aliphatic carbocycles. The third-order valence-electron chi connectivity index (χ3n) is 5.74. The van der Waals surface area contributed by atoms with Gasteiger partial charge in [-0.1, -0.05) is 18.2 Å². The Morgan fingerprint density at radius 2 is 1.81 bits per heavy atom. The lowest BCUT2D eigenvalue weighted by Crippen LogP contribution is -2.50. The second-order valence-electron chi connectivity index (χ2n) is 7.99. The van der Waals surface area contributed by atoms with Crippen molar-refractivity contribution in [2.75, 3.05) is 32.7 Å². The number of benzene rings is 1. The molecule has 0 spiro atoms. The second kappa shape index (κ2) is 8.85. The topological polar surface area (TPSA) is 72.9 Å². The van der Waals surface area contributed by atoms with Crippen LogP contribution in [0.15, 0.2) is 30.3 Å². The highest BCUT2D eigenvalue weighted by Gasteiger charge is 2.34. The fourth-order valence-electron chi connectivity index (χ4n) is 4.24. The molecule has 148 valence electrons. The Hall–Kier alpha value is -1.92. The molecule has 1 aromatic carbocycles. The van der Waals surface area contributed by atoms with Crippen molar-refractivity contribution in [1.82, 2.24) is 15.1 Å². The Morgan fingerprint density at radius 1 is 1.11 bits per heavy atom. The zero-order valence-corrected chi connectivity index (χ0v) is 16.2. The third-order valence-corrected chi connectivity index (χ3v) is 5.74. The van der Waals surface area contributed by atoms with Gasteiger partial charge in [0.2, 0.25) is 5.91 Å². The minimum Gasteiger partial charge on any atom is -0.388 e. The van der Waals surface area contributed by atoms with Crippen molar-refractivity contribution < 1.29 is 14.7 Å². The summed E-state index contributed by atoms with van der Waals surface area (Å²) >= 11 is 0. The molecule has 2 saturated heterocycles. The number of carbonyl (C=O) groups excluding carboxylic acids is 2. The van der Waals surface area contributed by atoms with Crippen molar-refractivity contribution in [2.45, 2.75) is 50.7 Å². The molecule has 0 bridgehead atoms. The van der Waals surface area contributed by atoms with E-state index in [1.165, 1.54) is 0 Å². The first-order chi connectivity index (χ1) is 13.0. The molecular weight excluding hydrogens is 342 g/mol. The monoisotopic (exact) mass is 373 g/mol. The molecule has 0 radical (unpaired) electrons. The van der Waals surface area contributed by atoms with Crippen LogP contribution in [-0.4, -0.2) is 71.1 Å². The van der Waals surface area contributed by atoms with Crippen molar-refractivity contribution in [3.8, 4) is 0 Å². The smallest absolute Gasteiger partial charge is 0.253 e. The Labute approximate surface area is 161 Å². The molecule has 0 saturated carbocycles. The number of nitrogens with zero attached hydrogens (tertiary/aromatic N) is 2. The number of hydrogen-bond acceptors (Lipinski definition) is 4. The van der Waals surface area contributed by atoms with E-state index in [0.717, 1.165) is 38.8 Å². The van der Waals surface area contributed by atoms with Gasteiger partial charge in [0.15, 0.2) is 0 Å². The fourth-order valence-corrected chi connectivity index (χ4v) is 4.24. The molecule has 1 aromatic rings. The quantitative estimate of drug-likeness (QED) is 0.842. The van der Waals surface area contributed by atoms with E-state index in [9.17, 15) is 14.7 Å². The summed E-state index contributed by atoms with van der Waals surface area (Å²) in [5.41, 5.74) is -0.0324. The van der Waals surface area contributed by atoms with Gasteiger partial charge in [0.25, 0.3) is 5.91 Å². The first-order valence-corrected chi connectivity index (χ1v) is 10.0. The number of β-amino-alcohol motifs (C(OH)–C–C–N with tert-alkyl or cyclic N) is 1. The number of hydrogen-bond donors (Lipinski definition) is 2. The standard InChI is InChI=1S/C21H31N3O3/c1-17(25)22-19-8-13-23(14-9-19)16-21(27)10-5-12-24(15-11-21)20(26)18-6-3-2-4-7-18/h2-4,6-7,19,27H,5,8-16H2,1H3,(H,22,25)/t21-/m0/s1. The summed E-state index contributed by atoms with van der Waals surface area (Å²) in [6.07, 6.45) is 3.99. The minimum absolute atomic E-state index is 0.0269. The van der Waals surface area contributed by atoms with Crippen molar-refractivity contribution >= 4 is 11.8 Å². The van der Waals surface area contributed by atoms with Crippen LogP contribution in [0.25, 0.3) is 0 Å². The van der Waals surface area contributed by atoms with E-state index in [2.05, 4.69) is 10.2 Å². The zero-order chi connectivity index (χ0) is 19.3. The first-order valence-electron chi connectivity index (χ1n) is 10.0. The normalized spacial score (nSPS) is 25.0. The molecule has 2 N–H and O–H groups in total. The molecule has 3 rings (SSSR count). The van der Waals surface area contributed by atoms with Crippen LogP contribution in [0, 0.1) is 0 Å². The fraction of sp³-hybridized carbons (Fsp3) is 0.619. The SMILES string of the molecule is CC(=O)NC1CCN(C[C@]2(O)CCCN(C(=O)c3ccccc3)CC2)CC1. The Bertz CT molecular complexity index is 643. The van der Waals surface area contributed by atoms with Crippen molar-refractivity contribution in [2.24, 2.45) is 0 Å². The Morgan fingerprint density at radius 3 is 2.48 bits per heavy atom. The number of likely N-dealkylation sites (tertiary alicyclic amines) is 2. The highest BCUT2D eigenvalue weighted by atomic mass is 16.3. The van der Waals surface area contributed by atoms with E-state index >= 15 is 0 Å². The summed E-state index contributed by atoms with van der Waals surface area (Å²) in [5, 5.41) is 14.1. The average Bonchev–Trinajstić information content (AvgIpc) is 2.85. The van der Waals surface area contributed by atoms with Gasteiger partial charge in [0.05, 0.1) is 5.60 Å². The number of aliphatic hydroxyl groups is 1. The molecular formula is C21H31N3O3. The van der Waals surface area contributed by atoms with Gasteiger partial charge in [-0.2, -0.15) is 0 Å². The predicted octanol–water partition coefficient (Wildman–Crippen LogP) is 1.64.